The van der Waals surface area contributed by atoms with Gasteiger partial charge in [0.1, 0.15) is 0 Å². The van der Waals surface area contributed by atoms with Crippen LogP contribution in [-0.4, -0.2) is 18.0 Å². The number of likely N-dealkylation sites (tertiary alicyclic amines) is 1. The van der Waals surface area contributed by atoms with Gasteiger partial charge in [-0.25, -0.2) is 0 Å². The molecule has 0 unspecified atom stereocenters. The fourth-order valence-electron chi connectivity index (χ4n) is 2.61. The van der Waals surface area contributed by atoms with Gasteiger partial charge in [-0.15, -0.1) is 0 Å². The zero-order chi connectivity index (χ0) is 14.1. The lowest BCUT2D eigenvalue weighted by molar-refractivity contribution is 0.202. The van der Waals surface area contributed by atoms with Crippen molar-refractivity contribution in [2.75, 3.05) is 13.1 Å². The van der Waals surface area contributed by atoms with E-state index < -0.39 is 0 Å². The Morgan fingerprint density at radius 3 is 1.55 bits per heavy atom. The van der Waals surface area contributed by atoms with Crippen LogP contribution in [0.25, 0.3) is 0 Å². The van der Waals surface area contributed by atoms with E-state index >= 15 is 0 Å². The zero-order valence-corrected chi connectivity index (χ0v) is 12.5. The molecule has 1 fully saturated rings. The van der Waals surface area contributed by atoms with Gasteiger partial charge in [0.15, 0.2) is 0 Å². The van der Waals surface area contributed by atoms with Crippen LogP contribution in [0.4, 0.5) is 0 Å². The summed E-state index contributed by atoms with van der Waals surface area (Å²) in [6.07, 6.45) is 0. The van der Waals surface area contributed by atoms with Gasteiger partial charge in [-0.3, -0.25) is 4.90 Å². The molecule has 2 aromatic rings. The molecule has 1 saturated heterocycles. The van der Waals surface area contributed by atoms with Crippen LogP contribution in [-0.2, 0) is 0 Å². The smallest absolute Gasteiger partial charge is 0.0607 e. The van der Waals surface area contributed by atoms with E-state index in [1.54, 1.807) is 0 Å². The summed E-state index contributed by atoms with van der Waals surface area (Å²) >= 11 is 12.0. The van der Waals surface area contributed by atoms with Crippen molar-refractivity contribution in [1.29, 1.82) is 0 Å². The number of hydrogen-bond donors (Lipinski definition) is 0. The van der Waals surface area contributed by atoms with Crippen molar-refractivity contribution >= 4 is 23.2 Å². The maximum absolute atomic E-state index is 5.99. The Labute approximate surface area is 129 Å². The quantitative estimate of drug-likeness (QED) is 0.725. The predicted octanol–water partition coefficient (Wildman–Crippen LogP) is 4.95. The van der Waals surface area contributed by atoms with Gasteiger partial charge in [0, 0.05) is 23.1 Å². The van der Waals surface area contributed by atoms with Gasteiger partial charge in [0.25, 0.3) is 0 Å². The van der Waals surface area contributed by atoms with E-state index in [2.05, 4.69) is 35.7 Å². The van der Waals surface area contributed by atoms with Crippen LogP contribution < -0.4 is 0 Å². The highest BCUT2D eigenvalue weighted by Gasteiger charge is 2.28. The molecule has 0 amide bonds. The van der Waals surface area contributed by atoms with E-state index in [1.807, 2.05) is 24.3 Å². The van der Waals surface area contributed by atoms with Gasteiger partial charge in [0.2, 0.25) is 0 Å². The molecule has 3 rings (SSSR count). The Hall–Kier alpha value is -1.28. The predicted molar refractivity (Wildman–Crippen MR) is 85.5 cm³/mol. The Bertz CT molecular complexity index is 563. The number of benzene rings is 2. The van der Waals surface area contributed by atoms with Crippen molar-refractivity contribution in [3.8, 4) is 0 Å². The zero-order valence-electron chi connectivity index (χ0n) is 11.0. The van der Waals surface area contributed by atoms with Crippen LogP contribution >= 0.6 is 23.2 Å². The molecule has 0 radical (unpaired) electrons. The Balaban J connectivity index is 1.97. The third kappa shape index (κ3) is 2.76. The van der Waals surface area contributed by atoms with E-state index in [9.17, 15) is 0 Å². The minimum absolute atomic E-state index is 0.232. The molecular formula is C17H15Cl2N. The van der Waals surface area contributed by atoms with Crippen LogP contribution in [0.2, 0.25) is 10.0 Å². The Kier molecular flexibility index (Phi) is 3.84. The first-order valence-electron chi connectivity index (χ1n) is 6.55. The molecule has 0 bridgehead atoms. The summed E-state index contributed by atoms with van der Waals surface area (Å²) in [5.41, 5.74) is 3.76. The summed E-state index contributed by atoms with van der Waals surface area (Å²) in [5.74, 6) is 0. The number of nitrogens with zero attached hydrogens (tertiary/aromatic N) is 1. The normalized spacial score (nSPS) is 15.4. The topological polar surface area (TPSA) is 3.24 Å². The van der Waals surface area contributed by atoms with Gasteiger partial charge in [0.05, 0.1) is 6.04 Å². The third-order valence-corrected chi connectivity index (χ3v) is 4.09. The molecule has 1 aliphatic heterocycles. The molecule has 20 heavy (non-hydrogen) atoms. The van der Waals surface area contributed by atoms with Gasteiger partial charge < -0.3 is 0 Å². The summed E-state index contributed by atoms with van der Waals surface area (Å²) in [4.78, 5) is 2.40. The minimum Gasteiger partial charge on any atom is -0.284 e. The summed E-state index contributed by atoms with van der Waals surface area (Å²) in [6, 6.07) is 16.3. The molecule has 2 aromatic carbocycles. The van der Waals surface area contributed by atoms with Crippen molar-refractivity contribution in [2.45, 2.75) is 6.04 Å². The number of rotatable bonds is 3. The Morgan fingerprint density at radius 1 is 0.800 bits per heavy atom. The second-order valence-electron chi connectivity index (χ2n) is 5.16. The molecule has 0 aromatic heterocycles. The highest BCUT2D eigenvalue weighted by atomic mass is 35.5. The Morgan fingerprint density at radius 2 is 1.20 bits per heavy atom. The molecule has 0 atom stereocenters. The number of halogens is 2. The lowest BCUT2D eigenvalue weighted by Crippen LogP contribution is -2.42. The van der Waals surface area contributed by atoms with Crippen LogP contribution in [0.15, 0.2) is 60.7 Å². The van der Waals surface area contributed by atoms with Gasteiger partial charge in [-0.05, 0) is 41.0 Å². The van der Waals surface area contributed by atoms with Crippen LogP contribution in [0, 0.1) is 0 Å². The van der Waals surface area contributed by atoms with Gasteiger partial charge >= 0.3 is 0 Å². The highest BCUT2D eigenvalue weighted by Crippen LogP contribution is 2.34. The van der Waals surface area contributed by atoms with Crippen molar-refractivity contribution in [3.63, 3.8) is 0 Å². The maximum Gasteiger partial charge on any atom is 0.0607 e. The van der Waals surface area contributed by atoms with Gasteiger partial charge in [-0.1, -0.05) is 54.0 Å². The molecule has 0 aliphatic carbocycles. The average Bonchev–Trinajstić information content (AvgIpc) is 2.41. The van der Waals surface area contributed by atoms with Crippen molar-refractivity contribution in [1.82, 2.24) is 4.90 Å². The second-order valence-corrected chi connectivity index (χ2v) is 6.03. The number of hydrogen-bond acceptors (Lipinski definition) is 1. The molecule has 102 valence electrons. The first-order valence-corrected chi connectivity index (χ1v) is 7.31. The summed E-state index contributed by atoms with van der Waals surface area (Å²) < 4.78 is 0. The van der Waals surface area contributed by atoms with E-state index in [0.29, 0.717) is 0 Å². The molecular weight excluding hydrogens is 289 g/mol. The second kappa shape index (κ2) is 5.61. The monoisotopic (exact) mass is 303 g/mol. The van der Waals surface area contributed by atoms with Gasteiger partial charge in [-0.2, -0.15) is 0 Å². The first kappa shape index (κ1) is 13.7. The fourth-order valence-corrected chi connectivity index (χ4v) is 2.87. The maximum atomic E-state index is 5.99. The van der Waals surface area contributed by atoms with E-state index in [1.165, 1.54) is 16.7 Å². The van der Waals surface area contributed by atoms with E-state index in [4.69, 9.17) is 23.2 Å². The lowest BCUT2D eigenvalue weighted by Gasteiger charge is -2.40. The highest BCUT2D eigenvalue weighted by molar-refractivity contribution is 6.30. The van der Waals surface area contributed by atoms with Crippen LogP contribution in [0.1, 0.15) is 17.2 Å². The summed E-state index contributed by atoms with van der Waals surface area (Å²) in [7, 11) is 0. The van der Waals surface area contributed by atoms with E-state index in [0.717, 1.165) is 23.1 Å². The fraction of sp³-hybridized carbons (Fsp3) is 0.176. The summed E-state index contributed by atoms with van der Waals surface area (Å²) in [5, 5.41) is 1.52. The molecule has 0 N–H and O–H groups in total. The average molecular weight is 304 g/mol. The lowest BCUT2D eigenvalue weighted by atomic mass is 9.93. The first-order chi connectivity index (χ1) is 9.63. The SMILES string of the molecule is C=C1CN(C(c2ccc(Cl)cc2)c2ccc(Cl)cc2)C1. The summed E-state index contributed by atoms with van der Waals surface area (Å²) in [6.45, 7) is 5.91. The molecule has 1 nitrogen and oxygen atoms in total. The van der Waals surface area contributed by atoms with Crippen molar-refractivity contribution in [3.05, 3.63) is 81.9 Å². The molecule has 1 aliphatic rings. The molecule has 0 saturated carbocycles. The third-order valence-electron chi connectivity index (χ3n) is 3.59. The van der Waals surface area contributed by atoms with Crippen LogP contribution in [0.3, 0.4) is 0 Å². The van der Waals surface area contributed by atoms with E-state index in [-0.39, 0.29) is 6.04 Å². The minimum atomic E-state index is 0.232. The molecule has 1 heterocycles. The van der Waals surface area contributed by atoms with Crippen LogP contribution in [0.5, 0.6) is 0 Å². The van der Waals surface area contributed by atoms with Crippen molar-refractivity contribution < 1.29 is 0 Å². The largest absolute Gasteiger partial charge is 0.284 e. The molecule has 0 spiro atoms. The van der Waals surface area contributed by atoms with Crippen molar-refractivity contribution in [2.24, 2.45) is 0 Å². The standard InChI is InChI=1S/C17H15Cl2N/c1-12-10-20(11-12)17(13-2-6-15(18)7-3-13)14-4-8-16(19)9-5-14/h2-9,17H,1,10-11H2. The molecule has 3 heteroatoms.